The Morgan fingerprint density at radius 3 is 2.65 bits per heavy atom. The Morgan fingerprint density at radius 2 is 2.04 bits per heavy atom. The molecule has 0 aliphatic heterocycles. The van der Waals surface area contributed by atoms with Crippen molar-refractivity contribution < 1.29 is 18.3 Å². The Kier molecular flexibility index (Phi) is 5.51. The molecule has 2 aromatic rings. The van der Waals surface area contributed by atoms with E-state index in [0.717, 1.165) is 0 Å². The lowest BCUT2D eigenvalue weighted by Gasteiger charge is -2.16. The fourth-order valence-electron chi connectivity index (χ4n) is 1.70. The van der Waals surface area contributed by atoms with Crippen molar-refractivity contribution in [2.75, 3.05) is 17.7 Å². The Balaban J connectivity index is 2.39. The minimum atomic E-state index is -3.17. The molecule has 0 radical (unpaired) electrons. The third-order valence-electron chi connectivity index (χ3n) is 2.62. The number of hydrogen-bond donors (Lipinski definition) is 2. The number of carbonyl (C=O) groups is 1. The second-order valence-corrected chi connectivity index (χ2v) is 4.87. The van der Waals surface area contributed by atoms with E-state index in [4.69, 9.17) is 27.9 Å². The lowest BCUT2D eigenvalue weighted by molar-refractivity contribution is -0.126. The van der Waals surface area contributed by atoms with Crippen molar-refractivity contribution >= 4 is 46.3 Å². The molecular weight excluding hydrogens is 353 g/mol. The van der Waals surface area contributed by atoms with Gasteiger partial charge in [0.2, 0.25) is 5.28 Å². The minimum absolute atomic E-state index is 0.0335. The van der Waals surface area contributed by atoms with E-state index >= 15 is 0 Å². The maximum absolute atomic E-state index is 12.5. The van der Waals surface area contributed by atoms with Crippen LogP contribution >= 0.6 is 23.2 Å². The number of anilines is 3. The number of nitrogens with one attached hydrogen (secondary N) is 2. The number of ether oxygens (including phenoxy) is 1. The first-order valence-corrected chi connectivity index (χ1v) is 6.89. The van der Waals surface area contributed by atoms with Gasteiger partial charge in [-0.25, -0.2) is 9.97 Å². The van der Waals surface area contributed by atoms with Crippen LogP contribution in [0.4, 0.5) is 26.0 Å². The van der Waals surface area contributed by atoms with Gasteiger partial charge in [0.1, 0.15) is 22.4 Å². The largest absolute Gasteiger partial charge is 0.494 e. The van der Waals surface area contributed by atoms with Crippen molar-refractivity contribution in [1.82, 2.24) is 9.97 Å². The highest BCUT2D eigenvalue weighted by Gasteiger charge is 2.19. The van der Waals surface area contributed by atoms with Gasteiger partial charge in [-0.2, -0.15) is 8.78 Å². The summed E-state index contributed by atoms with van der Waals surface area (Å²) in [7, 11) is 1.34. The third-order valence-corrected chi connectivity index (χ3v) is 2.99. The van der Waals surface area contributed by atoms with E-state index in [-0.39, 0.29) is 33.4 Å². The second kappa shape index (κ2) is 7.38. The summed E-state index contributed by atoms with van der Waals surface area (Å²) >= 11 is 11.5. The number of benzene rings is 1. The summed E-state index contributed by atoms with van der Waals surface area (Å²) in [6.07, 6.45) is -3.17. The highest BCUT2D eigenvalue weighted by atomic mass is 35.5. The molecule has 0 fully saturated rings. The van der Waals surface area contributed by atoms with Gasteiger partial charge in [-0.1, -0.05) is 17.7 Å². The van der Waals surface area contributed by atoms with Crippen molar-refractivity contribution in [3.05, 3.63) is 34.7 Å². The zero-order valence-electron chi connectivity index (χ0n) is 11.6. The van der Waals surface area contributed by atoms with Crippen LogP contribution in [0.1, 0.15) is 0 Å². The molecule has 2 N–H and O–H groups in total. The van der Waals surface area contributed by atoms with Crippen molar-refractivity contribution in [3.63, 3.8) is 0 Å². The van der Waals surface area contributed by atoms with Crippen LogP contribution in [-0.4, -0.2) is 29.4 Å². The number of rotatable bonds is 5. The summed E-state index contributed by atoms with van der Waals surface area (Å²) in [5.41, 5.74) is 0.301. The van der Waals surface area contributed by atoms with E-state index < -0.39 is 12.3 Å². The first-order chi connectivity index (χ1) is 10.9. The molecule has 2 rings (SSSR count). The van der Waals surface area contributed by atoms with Gasteiger partial charge in [0.15, 0.2) is 0 Å². The standard InChI is InChI=1S/C13H10Cl2F2N4O2/c1-23-7-4-2-3-6(10(7)21-12(22)11(16)17)18-9-5-8(14)19-13(15)20-9/h2-5,11H,1H3,(H,21,22)(H,18,19,20). The van der Waals surface area contributed by atoms with E-state index in [1.807, 2.05) is 0 Å². The molecule has 122 valence electrons. The van der Waals surface area contributed by atoms with Gasteiger partial charge >= 0.3 is 6.43 Å². The predicted molar refractivity (Wildman–Crippen MR) is 83.0 cm³/mol. The summed E-state index contributed by atoms with van der Waals surface area (Å²) in [6, 6.07) is 6.02. The van der Waals surface area contributed by atoms with Crippen LogP contribution in [-0.2, 0) is 4.79 Å². The zero-order chi connectivity index (χ0) is 17.0. The van der Waals surface area contributed by atoms with E-state index in [0.29, 0.717) is 0 Å². The molecule has 6 nitrogen and oxygen atoms in total. The van der Waals surface area contributed by atoms with E-state index in [1.165, 1.54) is 25.3 Å². The van der Waals surface area contributed by atoms with E-state index in [2.05, 4.69) is 20.6 Å². The number of para-hydroxylation sites is 1. The first-order valence-electron chi connectivity index (χ1n) is 6.14. The molecule has 10 heteroatoms. The van der Waals surface area contributed by atoms with Gasteiger partial charge < -0.3 is 15.4 Å². The van der Waals surface area contributed by atoms with E-state index in [1.54, 1.807) is 6.07 Å². The van der Waals surface area contributed by atoms with Crippen LogP contribution in [0.5, 0.6) is 5.75 Å². The van der Waals surface area contributed by atoms with Crippen LogP contribution < -0.4 is 15.4 Å². The molecule has 0 atom stereocenters. The van der Waals surface area contributed by atoms with Gasteiger partial charge in [-0.3, -0.25) is 4.79 Å². The van der Waals surface area contributed by atoms with Gasteiger partial charge in [-0.05, 0) is 23.7 Å². The second-order valence-electron chi connectivity index (χ2n) is 4.14. The van der Waals surface area contributed by atoms with Crippen molar-refractivity contribution in [3.8, 4) is 5.75 Å². The number of nitrogens with zero attached hydrogens (tertiary/aromatic N) is 2. The fraction of sp³-hybridized carbons (Fsp3) is 0.154. The van der Waals surface area contributed by atoms with Gasteiger partial charge in [0.25, 0.3) is 5.91 Å². The summed E-state index contributed by atoms with van der Waals surface area (Å²) in [5, 5.41) is 4.90. The molecular formula is C13H10Cl2F2N4O2. The third kappa shape index (κ3) is 4.40. The number of halogens is 4. The van der Waals surface area contributed by atoms with Gasteiger partial charge in [0.05, 0.1) is 12.8 Å². The summed E-state index contributed by atoms with van der Waals surface area (Å²) in [6.45, 7) is 0. The van der Waals surface area contributed by atoms with Crippen molar-refractivity contribution in [2.24, 2.45) is 0 Å². The molecule has 1 amide bonds. The highest BCUT2D eigenvalue weighted by molar-refractivity contribution is 6.32. The summed E-state index contributed by atoms with van der Waals surface area (Å²) in [5.74, 6) is -1.05. The Hall–Kier alpha value is -2.19. The maximum atomic E-state index is 12.5. The molecule has 1 aromatic heterocycles. The molecule has 0 saturated carbocycles. The lowest BCUT2D eigenvalue weighted by atomic mass is 10.2. The zero-order valence-corrected chi connectivity index (χ0v) is 13.1. The number of carbonyl (C=O) groups excluding carboxylic acids is 1. The topological polar surface area (TPSA) is 76.1 Å². The Bertz CT molecular complexity index is 711. The minimum Gasteiger partial charge on any atom is -0.494 e. The van der Waals surface area contributed by atoms with Crippen LogP contribution in [0.25, 0.3) is 0 Å². The van der Waals surface area contributed by atoms with Crippen LogP contribution in [0.2, 0.25) is 10.4 Å². The smallest absolute Gasteiger partial charge is 0.315 e. The Labute approximate surface area is 139 Å². The van der Waals surface area contributed by atoms with Crippen molar-refractivity contribution in [2.45, 2.75) is 6.43 Å². The normalized spacial score (nSPS) is 10.5. The number of aromatic nitrogens is 2. The highest BCUT2D eigenvalue weighted by Crippen LogP contribution is 2.34. The van der Waals surface area contributed by atoms with Crippen LogP contribution in [0.15, 0.2) is 24.3 Å². The number of alkyl halides is 2. The molecule has 0 bridgehead atoms. The number of hydrogen-bond acceptors (Lipinski definition) is 5. The predicted octanol–water partition coefficient (Wildman–Crippen LogP) is 3.74. The monoisotopic (exact) mass is 362 g/mol. The number of amides is 1. The number of methoxy groups -OCH3 is 1. The van der Waals surface area contributed by atoms with Crippen LogP contribution in [0, 0.1) is 0 Å². The summed E-state index contributed by atoms with van der Waals surface area (Å²) < 4.78 is 30.0. The lowest BCUT2D eigenvalue weighted by Crippen LogP contribution is -2.21. The molecule has 0 spiro atoms. The first kappa shape index (κ1) is 17.2. The molecule has 23 heavy (non-hydrogen) atoms. The van der Waals surface area contributed by atoms with Gasteiger partial charge in [-0.15, -0.1) is 0 Å². The summed E-state index contributed by atoms with van der Waals surface area (Å²) in [4.78, 5) is 18.9. The molecule has 1 aromatic carbocycles. The molecule has 1 heterocycles. The van der Waals surface area contributed by atoms with Crippen molar-refractivity contribution in [1.29, 1.82) is 0 Å². The molecule has 0 aliphatic rings. The molecule has 0 aliphatic carbocycles. The average Bonchev–Trinajstić information content (AvgIpc) is 2.47. The quantitative estimate of drug-likeness (QED) is 0.625. The Morgan fingerprint density at radius 1 is 1.30 bits per heavy atom. The molecule has 0 saturated heterocycles. The maximum Gasteiger partial charge on any atom is 0.315 e. The fourth-order valence-corrected chi connectivity index (χ4v) is 2.11. The van der Waals surface area contributed by atoms with E-state index in [9.17, 15) is 13.6 Å². The molecule has 0 unspecified atom stereocenters. The van der Waals surface area contributed by atoms with Gasteiger partial charge in [0, 0.05) is 6.07 Å². The average molecular weight is 363 g/mol. The SMILES string of the molecule is COc1cccc(Nc2cc(Cl)nc(Cl)n2)c1NC(=O)C(F)F. The van der Waals surface area contributed by atoms with Crippen LogP contribution in [0.3, 0.4) is 0 Å².